The topological polar surface area (TPSA) is 49.8 Å². The molecule has 4 rings (SSSR count). The molecule has 0 aliphatic carbocycles. The fourth-order valence-corrected chi connectivity index (χ4v) is 4.43. The summed E-state index contributed by atoms with van der Waals surface area (Å²) in [6.07, 6.45) is 2.76. The lowest BCUT2D eigenvalue weighted by Crippen LogP contribution is -2.54. The molecule has 2 aliphatic rings. The van der Waals surface area contributed by atoms with E-state index in [1.54, 1.807) is 42.5 Å². The minimum Gasteiger partial charge on any atom is -0.390 e. The first-order valence-corrected chi connectivity index (χ1v) is 9.88. The molecule has 1 atom stereocenters. The highest BCUT2D eigenvalue weighted by Crippen LogP contribution is 2.39. The van der Waals surface area contributed by atoms with Gasteiger partial charge in [-0.2, -0.15) is 0 Å². The van der Waals surface area contributed by atoms with Crippen LogP contribution in [0.3, 0.4) is 0 Å². The fraction of sp³-hybridized carbons (Fsp3) is 0.435. The van der Waals surface area contributed by atoms with Crippen molar-refractivity contribution in [2.45, 2.75) is 43.8 Å². The van der Waals surface area contributed by atoms with Gasteiger partial charge in [0, 0.05) is 30.6 Å². The maximum Gasteiger partial charge on any atom is 0.253 e. The number of hydrogen-bond donors (Lipinski definition) is 1. The summed E-state index contributed by atoms with van der Waals surface area (Å²) >= 11 is 0. The van der Waals surface area contributed by atoms with E-state index >= 15 is 0 Å². The first-order valence-electron chi connectivity index (χ1n) is 9.88. The van der Waals surface area contributed by atoms with Crippen molar-refractivity contribution in [1.29, 1.82) is 0 Å². The van der Waals surface area contributed by atoms with Gasteiger partial charge in [-0.15, -0.1) is 0 Å². The minimum atomic E-state index is -0.688. The Morgan fingerprint density at radius 1 is 1.07 bits per heavy atom. The van der Waals surface area contributed by atoms with Crippen molar-refractivity contribution < 1.29 is 19.0 Å². The van der Waals surface area contributed by atoms with E-state index < -0.39 is 5.60 Å². The Morgan fingerprint density at radius 3 is 2.39 bits per heavy atom. The summed E-state index contributed by atoms with van der Waals surface area (Å²) in [5.41, 5.74) is 0.890. The third-order valence-corrected chi connectivity index (χ3v) is 6.03. The summed E-state index contributed by atoms with van der Waals surface area (Å²) in [4.78, 5) is 14.7. The molecule has 2 aromatic rings. The quantitative estimate of drug-likeness (QED) is 0.852. The van der Waals surface area contributed by atoms with Gasteiger partial charge >= 0.3 is 0 Å². The van der Waals surface area contributed by atoms with Crippen LogP contribution in [0.4, 0.5) is 4.39 Å². The number of halogens is 1. The zero-order valence-corrected chi connectivity index (χ0v) is 16.2. The van der Waals surface area contributed by atoms with Gasteiger partial charge in [0.15, 0.2) is 0 Å². The molecule has 1 spiro atoms. The average Bonchev–Trinajstić information content (AvgIpc) is 2.68. The minimum absolute atomic E-state index is 0.0162. The smallest absolute Gasteiger partial charge is 0.253 e. The SMILES string of the molecule is CC1(O)CCOC2(CCN(C(=O)c3ccc(-c4ccccc4F)cc3)CC2)C1. The molecular formula is C23H26FNO3. The van der Waals surface area contributed by atoms with Gasteiger partial charge in [0.25, 0.3) is 5.91 Å². The van der Waals surface area contributed by atoms with Crippen LogP contribution in [0.1, 0.15) is 43.0 Å². The van der Waals surface area contributed by atoms with Crippen LogP contribution in [0.15, 0.2) is 48.5 Å². The standard InChI is InChI=1S/C23H26FNO3/c1-22(27)12-15-28-23(16-22)10-13-25(14-11-23)21(26)18-8-6-17(7-9-18)19-4-2-3-5-20(19)24/h2-9,27H,10-16H2,1H3. The summed E-state index contributed by atoms with van der Waals surface area (Å²) in [5, 5.41) is 10.4. The first-order chi connectivity index (χ1) is 13.4. The number of amides is 1. The number of carbonyl (C=O) groups is 1. The largest absolute Gasteiger partial charge is 0.390 e. The second-order valence-electron chi connectivity index (χ2n) is 8.30. The Morgan fingerprint density at radius 2 is 1.75 bits per heavy atom. The van der Waals surface area contributed by atoms with Gasteiger partial charge in [-0.1, -0.05) is 30.3 Å². The number of nitrogens with zero attached hydrogens (tertiary/aromatic N) is 1. The van der Waals surface area contributed by atoms with E-state index in [-0.39, 0.29) is 17.3 Å². The van der Waals surface area contributed by atoms with Crippen molar-refractivity contribution in [2.24, 2.45) is 0 Å². The molecule has 0 radical (unpaired) electrons. The molecule has 2 aromatic carbocycles. The highest BCUT2D eigenvalue weighted by molar-refractivity contribution is 5.94. The number of rotatable bonds is 2. The number of ether oxygens (including phenoxy) is 1. The van der Waals surface area contributed by atoms with Crippen molar-refractivity contribution in [3.8, 4) is 11.1 Å². The Hall–Kier alpha value is -2.24. The molecule has 2 aliphatic heterocycles. The molecule has 0 aromatic heterocycles. The highest BCUT2D eigenvalue weighted by atomic mass is 19.1. The van der Waals surface area contributed by atoms with Gasteiger partial charge in [0.05, 0.1) is 17.8 Å². The predicted octanol–water partition coefficient (Wildman–Crippen LogP) is 4.03. The third-order valence-electron chi connectivity index (χ3n) is 6.03. The van der Waals surface area contributed by atoms with Gasteiger partial charge in [-0.3, -0.25) is 4.79 Å². The monoisotopic (exact) mass is 383 g/mol. The van der Waals surface area contributed by atoms with Crippen LogP contribution in [0.2, 0.25) is 0 Å². The summed E-state index contributed by atoms with van der Waals surface area (Å²) in [7, 11) is 0. The van der Waals surface area contributed by atoms with Crippen molar-refractivity contribution in [1.82, 2.24) is 4.90 Å². The van der Waals surface area contributed by atoms with Gasteiger partial charge in [0.2, 0.25) is 0 Å². The van der Waals surface area contributed by atoms with Crippen LogP contribution >= 0.6 is 0 Å². The first kappa shape index (κ1) is 19.1. The highest BCUT2D eigenvalue weighted by Gasteiger charge is 2.44. The zero-order chi connectivity index (χ0) is 19.8. The Bertz CT molecular complexity index is 854. The molecule has 2 fully saturated rings. The second-order valence-corrected chi connectivity index (χ2v) is 8.30. The van der Waals surface area contributed by atoms with E-state index in [0.29, 0.717) is 43.7 Å². The summed E-state index contributed by atoms with van der Waals surface area (Å²) in [5.74, 6) is -0.288. The number of aliphatic hydroxyl groups is 1. The van der Waals surface area contributed by atoms with Gasteiger partial charge in [0.1, 0.15) is 5.82 Å². The van der Waals surface area contributed by atoms with Gasteiger partial charge in [-0.05, 0) is 49.9 Å². The lowest BCUT2D eigenvalue weighted by Gasteiger charge is -2.48. The number of likely N-dealkylation sites (tertiary alicyclic amines) is 1. The number of hydrogen-bond acceptors (Lipinski definition) is 3. The molecule has 0 bridgehead atoms. The molecule has 1 unspecified atom stereocenters. The van der Waals surface area contributed by atoms with Crippen LogP contribution in [-0.4, -0.2) is 46.8 Å². The molecule has 5 heteroatoms. The van der Waals surface area contributed by atoms with E-state index in [2.05, 4.69) is 0 Å². The molecule has 1 N–H and O–H groups in total. The Labute approximate surface area is 164 Å². The molecule has 28 heavy (non-hydrogen) atoms. The number of piperidine rings is 1. The predicted molar refractivity (Wildman–Crippen MR) is 106 cm³/mol. The maximum absolute atomic E-state index is 13.9. The molecule has 0 saturated carbocycles. The number of carbonyl (C=O) groups excluding carboxylic acids is 1. The van der Waals surface area contributed by atoms with Gasteiger partial charge < -0.3 is 14.7 Å². The van der Waals surface area contributed by atoms with E-state index in [4.69, 9.17) is 4.74 Å². The maximum atomic E-state index is 13.9. The Balaban J connectivity index is 1.42. The molecule has 2 heterocycles. The fourth-order valence-electron chi connectivity index (χ4n) is 4.43. The molecule has 2 saturated heterocycles. The van der Waals surface area contributed by atoms with Crippen molar-refractivity contribution in [3.05, 3.63) is 59.9 Å². The summed E-state index contributed by atoms with van der Waals surface area (Å²) in [6, 6.07) is 13.7. The van der Waals surface area contributed by atoms with Gasteiger partial charge in [-0.25, -0.2) is 4.39 Å². The van der Waals surface area contributed by atoms with E-state index in [9.17, 15) is 14.3 Å². The summed E-state index contributed by atoms with van der Waals surface area (Å²) in [6.45, 7) is 3.67. The summed E-state index contributed by atoms with van der Waals surface area (Å²) < 4.78 is 20.0. The molecular weight excluding hydrogens is 357 g/mol. The van der Waals surface area contributed by atoms with Crippen LogP contribution in [-0.2, 0) is 4.74 Å². The van der Waals surface area contributed by atoms with Crippen LogP contribution in [0, 0.1) is 5.82 Å². The normalized spacial score (nSPS) is 24.3. The van der Waals surface area contributed by atoms with E-state index in [1.165, 1.54) is 6.07 Å². The average molecular weight is 383 g/mol. The third kappa shape index (κ3) is 3.82. The Kier molecular flexibility index (Phi) is 4.98. The molecule has 148 valence electrons. The van der Waals surface area contributed by atoms with Crippen molar-refractivity contribution in [2.75, 3.05) is 19.7 Å². The van der Waals surface area contributed by atoms with E-state index in [0.717, 1.165) is 18.4 Å². The van der Waals surface area contributed by atoms with Crippen LogP contribution < -0.4 is 0 Å². The molecule has 4 nitrogen and oxygen atoms in total. The number of benzene rings is 2. The lowest BCUT2D eigenvalue weighted by molar-refractivity contribution is -0.170. The molecule has 1 amide bonds. The van der Waals surface area contributed by atoms with Crippen molar-refractivity contribution in [3.63, 3.8) is 0 Å². The van der Waals surface area contributed by atoms with Crippen LogP contribution in [0.25, 0.3) is 11.1 Å². The van der Waals surface area contributed by atoms with Crippen molar-refractivity contribution >= 4 is 5.91 Å². The van der Waals surface area contributed by atoms with E-state index in [1.807, 2.05) is 11.8 Å². The second kappa shape index (κ2) is 7.30. The zero-order valence-electron chi connectivity index (χ0n) is 16.2. The lowest BCUT2D eigenvalue weighted by atomic mass is 9.78. The van der Waals surface area contributed by atoms with Crippen LogP contribution in [0.5, 0.6) is 0 Å².